The minimum atomic E-state index is -0.258. The molecule has 4 heteroatoms. The lowest BCUT2D eigenvalue weighted by molar-refractivity contribution is -0.170. The summed E-state index contributed by atoms with van der Waals surface area (Å²) in [5, 5.41) is 14.6. The maximum Gasteiger partial charge on any atom is 0.220 e. The highest BCUT2D eigenvalue weighted by Crippen LogP contribution is 2.68. The van der Waals surface area contributed by atoms with Crippen molar-refractivity contribution in [3.63, 3.8) is 0 Å². The normalized spacial score (nSPS) is 45.6. The van der Waals surface area contributed by atoms with Gasteiger partial charge in [0.1, 0.15) is 5.78 Å². The Morgan fingerprint density at radius 2 is 1.87 bits per heavy atom. The maximum absolute atomic E-state index is 12.2. The molecular formula is C27H45NO3. The number of carbonyl (C=O) groups is 2. The van der Waals surface area contributed by atoms with Crippen molar-refractivity contribution < 1.29 is 14.7 Å². The van der Waals surface area contributed by atoms with Gasteiger partial charge in [-0.25, -0.2) is 0 Å². The maximum atomic E-state index is 12.2. The molecule has 0 aliphatic heterocycles. The van der Waals surface area contributed by atoms with E-state index in [1.807, 2.05) is 13.8 Å². The summed E-state index contributed by atoms with van der Waals surface area (Å²) in [5.41, 5.74) is 0.209. The molecule has 0 spiro atoms. The molecule has 176 valence electrons. The predicted octanol–water partition coefficient (Wildman–Crippen LogP) is 5.13. The highest BCUT2D eigenvalue weighted by atomic mass is 16.3. The van der Waals surface area contributed by atoms with Gasteiger partial charge in [0.2, 0.25) is 5.91 Å². The van der Waals surface area contributed by atoms with Crippen LogP contribution in [0.4, 0.5) is 0 Å². The van der Waals surface area contributed by atoms with E-state index in [0.717, 1.165) is 32.1 Å². The molecule has 4 fully saturated rings. The van der Waals surface area contributed by atoms with Gasteiger partial charge in [-0.05, 0) is 105 Å². The highest BCUT2D eigenvalue weighted by Gasteiger charge is 2.63. The van der Waals surface area contributed by atoms with Crippen molar-refractivity contribution in [2.24, 2.45) is 46.3 Å². The molecule has 5 unspecified atom stereocenters. The third kappa shape index (κ3) is 3.89. The van der Waals surface area contributed by atoms with E-state index in [2.05, 4.69) is 26.1 Å². The van der Waals surface area contributed by atoms with E-state index in [0.29, 0.717) is 47.7 Å². The smallest absolute Gasteiger partial charge is 0.220 e. The Bertz CT molecular complexity index is 705. The predicted molar refractivity (Wildman–Crippen MR) is 123 cm³/mol. The molecule has 4 rings (SSSR count). The van der Waals surface area contributed by atoms with Crippen LogP contribution in [0.25, 0.3) is 0 Å². The number of hydrogen-bond donors (Lipinski definition) is 2. The summed E-state index contributed by atoms with van der Waals surface area (Å²) in [6.45, 7) is 11.1. The standard InChI is InChI=1S/C27H45NO3/c1-16(2)28-25(31)11-6-17(3)21-9-10-22-20-8-7-18-14-19(29)12-13-26(18,4)23(20)15-24(30)27(21,22)5/h16-18,20-24,30H,6-15H2,1-5H3,(H,28,31)/t17-,18?,20?,21?,22?,23?,24+,26+,27-/m1/s1. The fourth-order valence-corrected chi connectivity index (χ4v) is 8.92. The first kappa shape index (κ1) is 23.3. The lowest BCUT2D eigenvalue weighted by Gasteiger charge is -2.62. The van der Waals surface area contributed by atoms with Crippen LogP contribution in [0.1, 0.15) is 98.8 Å². The van der Waals surface area contributed by atoms with Gasteiger partial charge in [-0.1, -0.05) is 20.8 Å². The number of Topliss-reactive ketones (excluding diaryl/α,β-unsaturated/α-hetero) is 1. The monoisotopic (exact) mass is 431 g/mol. The lowest BCUT2D eigenvalue weighted by Crippen LogP contribution is -2.58. The van der Waals surface area contributed by atoms with E-state index in [4.69, 9.17) is 0 Å². The first-order valence-corrected chi connectivity index (χ1v) is 13.1. The Morgan fingerprint density at radius 1 is 1.13 bits per heavy atom. The second-order valence-electron chi connectivity index (χ2n) is 12.4. The summed E-state index contributed by atoms with van der Waals surface area (Å²) < 4.78 is 0. The van der Waals surface area contributed by atoms with Crippen LogP contribution in [0.5, 0.6) is 0 Å². The average molecular weight is 432 g/mol. The first-order valence-electron chi connectivity index (χ1n) is 13.1. The average Bonchev–Trinajstić information content (AvgIpc) is 3.06. The Balaban J connectivity index is 1.49. The van der Waals surface area contributed by atoms with Crippen molar-refractivity contribution in [2.75, 3.05) is 0 Å². The third-order valence-corrected chi connectivity index (χ3v) is 10.6. The molecule has 0 saturated heterocycles. The molecule has 4 aliphatic carbocycles. The number of carbonyl (C=O) groups excluding carboxylic acids is 2. The number of amides is 1. The van der Waals surface area contributed by atoms with E-state index in [1.165, 1.54) is 25.7 Å². The topological polar surface area (TPSA) is 66.4 Å². The minimum absolute atomic E-state index is 0.0250. The van der Waals surface area contributed by atoms with Crippen LogP contribution < -0.4 is 5.32 Å². The van der Waals surface area contributed by atoms with Gasteiger partial charge in [-0.2, -0.15) is 0 Å². The molecule has 0 aromatic rings. The summed E-state index contributed by atoms with van der Waals surface area (Å²) >= 11 is 0. The van der Waals surface area contributed by atoms with Crippen LogP contribution in [0.15, 0.2) is 0 Å². The number of nitrogens with one attached hydrogen (secondary N) is 1. The number of hydrogen-bond acceptors (Lipinski definition) is 3. The lowest BCUT2D eigenvalue weighted by atomic mass is 9.44. The fourth-order valence-electron chi connectivity index (χ4n) is 8.92. The van der Waals surface area contributed by atoms with Gasteiger partial charge in [-0.3, -0.25) is 9.59 Å². The number of fused-ring (bicyclic) bond motifs is 5. The fraction of sp³-hybridized carbons (Fsp3) is 0.926. The Hall–Kier alpha value is -0.900. The van der Waals surface area contributed by atoms with E-state index >= 15 is 0 Å². The Morgan fingerprint density at radius 3 is 2.58 bits per heavy atom. The van der Waals surface area contributed by atoms with E-state index < -0.39 is 0 Å². The van der Waals surface area contributed by atoms with E-state index in [9.17, 15) is 14.7 Å². The van der Waals surface area contributed by atoms with Gasteiger partial charge in [0.25, 0.3) is 0 Å². The molecule has 0 aromatic heterocycles. The summed E-state index contributed by atoms with van der Waals surface area (Å²) in [6, 6.07) is 0.194. The van der Waals surface area contributed by atoms with Crippen molar-refractivity contribution in [2.45, 2.75) is 111 Å². The van der Waals surface area contributed by atoms with Crippen LogP contribution in [0.2, 0.25) is 0 Å². The number of aliphatic hydroxyl groups excluding tert-OH is 1. The quantitative estimate of drug-likeness (QED) is 0.634. The second kappa shape index (κ2) is 8.47. The zero-order valence-corrected chi connectivity index (χ0v) is 20.5. The second-order valence-corrected chi connectivity index (χ2v) is 12.4. The summed E-state index contributed by atoms with van der Waals surface area (Å²) in [6.07, 6.45) is 9.54. The molecule has 31 heavy (non-hydrogen) atoms. The molecule has 4 saturated carbocycles. The molecule has 2 N–H and O–H groups in total. The van der Waals surface area contributed by atoms with Crippen LogP contribution >= 0.6 is 0 Å². The van der Waals surface area contributed by atoms with Crippen molar-refractivity contribution in [3.05, 3.63) is 0 Å². The minimum Gasteiger partial charge on any atom is -0.393 e. The SMILES string of the molecule is CC(C)NC(=O)CC[C@@H](C)C1CCC2C3CCC4CC(=O)CC[C@]4(C)C3C[C@H](O)[C@@]21C. The molecule has 4 nitrogen and oxygen atoms in total. The van der Waals surface area contributed by atoms with Crippen molar-refractivity contribution >= 4 is 11.7 Å². The van der Waals surface area contributed by atoms with Crippen molar-refractivity contribution in [3.8, 4) is 0 Å². The van der Waals surface area contributed by atoms with Crippen LogP contribution in [0.3, 0.4) is 0 Å². The Labute approximate surface area is 189 Å². The van der Waals surface area contributed by atoms with Crippen LogP contribution in [-0.4, -0.2) is 28.9 Å². The molecule has 0 bridgehead atoms. The van der Waals surface area contributed by atoms with Crippen molar-refractivity contribution in [1.82, 2.24) is 5.32 Å². The number of aliphatic hydroxyl groups is 1. The number of rotatable bonds is 5. The molecule has 0 aromatic carbocycles. The molecule has 0 heterocycles. The van der Waals surface area contributed by atoms with Gasteiger partial charge >= 0.3 is 0 Å². The van der Waals surface area contributed by atoms with Gasteiger partial charge in [0, 0.05) is 25.3 Å². The van der Waals surface area contributed by atoms with Crippen LogP contribution in [0, 0.1) is 46.3 Å². The molecular weight excluding hydrogens is 386 g/mol. The summed E-state index contributed by atoms with van der Waals surface area (Å²) in [4.78, 5) is 24.3. The molecule has 1 amide bonds. The zero-order valence-electron chi connectivity index (χ0n) is 20.5. The van der Waals surface area contributed by atoms with Crippen molar-refractivity contribution in [1.29, 1.82) is 0 Å². The van der Waals surface area contributed by atoms with Crippen LogP contribution in [-0.2, 0) is 9.59 Å². The van der Waals surface area contributed by atoms with Gasteiger partial charge in [-0.15, -0.1) is 0 Å². The molecule has 9 atom stereocenters. The van der Waals surface area contributed by atoms with E-state index in [-0.39, 0.29) is 28.9 Å². The number of ketones is 1. The van der Waals surface area contributed by atoms with Gasteiger partial charge < -0.3 is 10.4 Å². The van der Waals surface area contributed by atoms with Gasteiger partial charge in [0.05, 0.1) is 6.10 Å². The molecule has 4 aliphatic rings. The largest absolute Gasteiger partial charge is 0.393 e. The summed E-state index contributed by atoms with van der Waals surface area (Å²) in [5.74, 6) is 3.96. The van der Waals surface area contributed by atoms with Gasteiger partial charge in [0.15, 0.2) is 0 Å². The highest BCUT2D eigenvalue weighted by molar-refractivity contribution is 5.79. The molecule has 0 radical (unpaired) electrons. The van der Waals surface area contributed by atoms with E-state index in [1.54, 1.807) is 0 Å². The third-order valence-electron chi connectivity index (χ3n) is 10.6. The first-order chi connectivity index (χ1) is 14.6. The zero-order chi connectivity index (χ0) is 22.6. The Kier molecular flexibility index (Phi) is 6.35. The summed E-state index contributed by atoms with van der Waals surface area (Å²) in [7, 11) is 0.